The van der Waals surface area contributed by atoms with Gasteiger partial charge in [-0.25, -0.2) is 0 Å². The first kappa shape index (κ1) is 17.0. The van der Waals surface area contributed by atoms with Crippen LogP contribution in [-0.2, 0) is 9.59 Å². The number of carboxylic acid groups (broad SMARTS) is 1. The minimum absolute atomic E-state index is 0.0563. The maximum Gasteiger partial charge on any atom is 0.307 e. The van der Waals surface area contributed by atoms with Crippen LogP contribution in [0.1, 0.15) is 66.2 Å². The number of hydrogen-bond donors (Lipinski definition) is 1. The summed E-state index contributed by atoms with van der Waals surface area (Å²) in [4.78, 5) is 26.2. The van der Waals surface area contributed by atoms with Crippen LogP contribution in [0.2, 0.25) is 0 Å². The Labute approximate surface area is 122 Å². The first-order valence-corrected chi connectivity index (χ1v) is 7.98. The fraction of sp³-hybridized carbons (Fsp3) is 0.875. The van der Waals surface area contributed by atoms with Crippen molar-refractivity contribution in [3.8, 4) is 0 Å². The molecule has 1 amide bonds. The summed E-state index contributed by atoms with van der Waals surface area (Å²) in [5.41, 5.74) is 0. The molecule has 4 unspecified atom stereocenters. The van der Waals surface area contributed by atoms with Crippen molar-refractivity contribution in [2.75, 3.05) is 0 Å². The topological polar surface area (TPSA) is 57.6 Å². The number of nitrogens with zero attached hydrogens (tertiary/aromatic N) is 1. The highest BCUT2D eigenvalue weighted by molar-refractivity contribution is 5.85. The molecule has 116 valence electrons. The third-order valence-corrected chi connectivity index (χ3v) is 4.79. The second-order valence-corrected chi connectivity index (χ2v) is 6.10. The number of carboxylic acids is 1. The molecule has 1 rings (SSSR count). The largest absolute Gasteiger partial charge is 0.481 e. The maximum absolute atomic E-state index is 12.9. The van der Waals surface area contributed by atoms with E-state index in [9.17, 15) is 14.7 Å². The Morgan fingerprint density at radius 2 is 1.50 bits per heavy atom. The summed E-state index contributed by atoms with van der Waals surface area (Å²) in [6.45, 7) is 8.26. The lowest BCUT2D eigenvalue weighted by atomic mass is 9.78. The van der Waals surface area contributed by atoms with Gasteiger partial charge >= 0.3 is 5.97 Å². The minimum Gasteiger partial charge on any atom is -0.481 e. The lowest BCUT2D eigenvalue weighted by Crippen LogP contribution is -2.50. The monoisotopic (exact) mass is 283 g/mol. The van der Waals surface area contributed by atoms with Gasteiger partial charge in [0, 0.05) is 12.1 Å². The van der Waals surface area contributed by atoms with E-state index in [-0.39, 0.29) is 23.9 Å². The zero-order chi connectivity index (χ0) is 15.3. The van der Waals surface area contributed by atoms with Gasteiger partial charge in [0.25, 0.3) is 0 Å². The summed E-state index contributed by atoms with van der Waals surface area (Å²) >= 11 is 0. The molecule has 1 aliphatic carbocycles. The average molecular weight is 283 g/mol. The van der Waals surface area contributed by atoms with Crippen molar-refractivity contribution < 1.29 is 14.7 Å². The standard InChI is InChI=1S/C16H29NO3/c1-5-11(3)17(12(4)6-2)15(18)13-9-7-8-10-14(13)16(19)20/h11-14H,5-10H2,1-4H3,(H,19,20). The Morgan fingerprint density at radius 3 is 1.90 bits per heavy atom. The van der Waals surface area contributed by atoms with Crippen molar-refractivity contribution in [3.05, 3.63) is 0 Å². The molecule has 4 atom stereocenters. The molecular weight excluding hydrogens is 254 g/mol. The van der Waals surface area contributed by atoms with Gasteiger partial charge in [0.05, 0.1) is 11.8 Å². The maximum atomic E-state index is 12.9. The van der Waals surface area contributed by atoms with Crippen molar-refractivity contribution in [1.82, 2.24) is 4.90 Å². The SMILES string of the molecule is CCC(C)N(C(=O)C1CCCCC1C(=O)O)C(C)CC. The van der Waals surface area contributed by atoms with Gasteiger partial charge in [0.1, 0.15) is 0 Å². The molecule has 0 aromatic carbocycles. The molecule has 1 saturated carbocycles. The van der Waals surface area contributed by atoms with Gasteiger partial charge in [-0.3, -0.25) is 9.59 Å². The van der Waals surface area contributed by atoms with E-state index in [0.29, 0.717) is 6.42 Å². The lowest BCUT2D eigenvalue weighted by molar-refractivity contribution is -0.154. The normalized spacial score (nSPS) is 25.8. The van der Waals surface area contributed by atoms with Gasteiger partial charge in [-0.2, -0.15) is 0 Å². The molecule has 0 radical (unpaired) electrons. The quantitative estimate of drug-likeness (QED) is 0.813. The smallest absolute Gasteiger partial charge is 0.307 e. The lowest BCUT2D eigenvalue weighted by Gasteiger charge is -2.39. The first-order chi connectivity index (χ1) is 9.43. The number of rotatable bonds is 6. The van der Waals surface area contributed by atoms with E-state index < -0.39 is 11.9 Å². The summed E-state index contributed by atoms with van der Waals surface area (Å²) < 4.78 is 0. The van der Waals surface area contributed by atoms with Crippen LogP contribution in [0.5, 0.6) is 0 Å². The van der Waals surface area contributed by atoms with Gasteiger partial charge in [-0.05, 0) is 39.5 Å². The van der Waals surface area contributed by atoms with Crippen molar-refractivity contribution in [1.29, 1.82) is 0 Å². The highest BCUT2D eigenvalue weighted by atomic mass is 16.4. The highest BCUT2D eigenvalue weighted by Gasteiger charge is 2.39. The van der Waals surface area contributed by atoms with E-state index in [0.717, 1.165) is 32.1 Å². The van der Waals surface area contributed by atoms with E-state index in [2.05, 4.69) is 27.7 Å². The van der Waals surface area contributed by atoms with Gasteiger partial charge < -0.3 is 10.0 Å². The minimum atomic E-state index is -0.809. The number of carbonyl (C=O) groups excluding carboxylic acids is 1. The van der Waals surface area contributed by atoms with Gasteiger partial charge in [0.15, 0.2) is 0 Å². The van der Waals surface area contributed by atoms with E-state index in [1.54, 1.807) is 0 Å². The fourth-order valence-corrected chi connectivity index (χ4v) is 3.18. The molecule has 1 N–H and O–H groups in total. The number of carbonyl (C=O) groups is 2. The van der Waals surface area contributed by atoms with Crippen molar-refractivity contribution in [2.24, 2.45) is 11.8 Å². The molecule has 4 nitrogen and oxygen atoms in total. The average Bonchev–Trinajstić information content (AvgIpc) is 2.46. The van der Waals surface area contributed by atoms with Crippen LogP contribution < -0.4 is 0 Å². The Hall–Kier alpha value is -1.06. The Balaban J connectivity index is 2.94. The summed E-state index contributed by atoms with van der Waals surface area (Å²) in [7, 11) is 0. The van der Waals surface area contributed by atoms with Crippen LogP contribution in [0.4, 0.5) is 0 Å². The van der Waals surface area contributed by atoms with E-state index in [4.69, 9.17) is 0 Å². The molecule has 0 spiro atoms. The second-order valence-electron chi connectivity index (χ2n) is 6.10. The van der Waals surface area contributed by atoms with Gasteiger partial charge in [-0.15, -0.1) is 0 Å². The molecule has 0 heterocycles. The highest BCUT2D eigenvalue weighted by Crippen LogP contribution is 2.33. The zero-order valence-corrected chi connectivity index (χ0v) is 13.3. The molecule has 4 heteroatoms. The van der Waals surface area contributed by atoms with Crippen LogP contribution in [0.25, 0.3) is 0 Å². The van der Waals surface area contributed by atoms with E-state index in [1.807, 2.05) is 4.90 Å². The molecule has 1 aliphatic rings. The molecule has 1 fully saturated rings. The van der Waals surface area contributed by atoms with E-state index >= 15 is 0 Å². The Bertz CT molecular complexity index is 333. The molecule has 0 saturated heterocycles. The molecule has 0 aliphatic heterocycles. The summed E-state index contributed by atoms with van der Waals surface area (Å²) in [6, 6.07) is 0.350. The zero-order valence-electron chi connectivity index (χ0n) is 13.3. The first-order valence-electron chi connectivity index (χ1n) is 7.98. The van der Waals surface area contributed by atoms with Crippen LogP contribution in [0, 0.1) is 11.8 Å². The van der Waals surface area contributed by atoms with Crippen molar-refractivity contribution in [3.63, 3.8) is 0 Å². The number of hydrogen-bond acceptors (Lipinski definition) is 2. The predicted molar refractivity (Wildman–Crippen MR) is 79.4 cm³/mol. The number of aliphatic carboxylic acids is 1. The molecule has 20 heavy (non-hydrogen) atoms. The molecule has 0 aromatic rings. The second kappa shape index (κ2) is 7.65. The molecule has 0 aromatic heterocycles. The van der Waals surface area contributed by atoms with Crippen LogP contribution in [-0.4, -0.2) is 34.0 Å². The Morgan fingerprint density at radius 1 is 1.05 bits per heavy atom. The summed E-state index contributed by atoms with van der Waals surface area (Å²) in [6.07, 6.45) is 5.06. The Kier molecular flexibility index (Phi) is 6.50. The number of amides is 1. The van der Waals surface area contributed by atoms with Crippen LogP contribution >= 0.6 is 0 Å². The third-order valence-electron chi connectivity index (χ3n) is 4.79. The fourth-order valence-electron chi connectivity index (χ4n) is 3.18. The summed E-state index contributed by atoms with van der Waals surface area (Å²) in [5.74, 6) is -1.58. The van der Waals surface area contributed by atoms with Crippen molar-refractivity contribution >= 4 is 11.9 Å². The van der Waals surface area contributed by atoms with E-state index in [1.165, 1.54) is 0 Å². The van der Waals surface area contributed by atoms with Gasteiger partial charge in [0.2, 0.25) is 5.91 Å². The summed E-state index contributed by atoms with van der Waals surface area (Å²) in [5, 5.41) is 9.36. The van der Waals surface area contributed by atoms with Crippen LogP contribution in [0.15, 0.2) is 0 Å². The van der Waals surface area contributed by atoms with Crippen LogP contribution in [0.3, 0.4) is 0 Å². The van der Waals surface area contributed by atoms with Gasteiger partial charge in [-0.1, -0.05) is 26.7 Å². The predicted octanol–water partition coefficient (Wildman–Crippen LogP) is 3.30. The molecular formula is C16H29NO3. The molecule has 0 bridgehead atoms. The third kappa shape index (κ3) is 3.74. The van der Waals surface area contributed by atoms with Crippen molar-refractivity contribution in [2.45, 2.75) is 78.3 Å².